The minimum absolute atomic E-state index is 0.855. The molecule has 0 aromatic heterocycles. The summed E-state index contributed by atoms with van der Waals surface area (Å²) in [5.41, 5.74) is 3.32. The standard InChI is InChI=1S/C19H42N2O/c1-4-7-8-9-10-11-12-13-14-15-16-19-22-21(18-6-3)20-17-5-2/h20H,4-19H2,1-3H3. The second-order valence-electron chi connectivity index (χ2n) is 6.38. The third-order valence-electron chi connectivity index (χ3n) is 3.96. The van der Waals surface area contributed by atoms with E-state index in [4.69, 9.17) is 4.84 Å². The van der Waals surface area contributed by atoms with E-state index in [1.807, 2.05) is 5.17 Å². The molecule has 0 aromatic rings. The van der Waals surface area contributed by atoms with E-state index in [2.05, 4.69) is 26.2 Å². The van der Waals surface area contributed by atoms with Crippen molar-refractivity contribution in [2.24, 2.45) is 0 Å². The average Bonchev–Trinajstić information content (AvgIpc) is 2.53. The molecule has 0 unspecified atom stereocenters. The minimum atomic E-state index is 0.855. The summed E-state index contributed by atoms with van der Waals surface area (Å²) in [5.74, 6) is 0. The van der Waals surface area contributed by atoms with Crippen LogP contribution in [0.25, 0.3) is 0 Å². The first-order valence-electron chi connectivity index (χ1n) is 9.99. The van der Waals surface area contributed by atoms with Crippen LogP contribution in [0, 0.1) is 0 Å². The van der Waals surface area contributed by atoms with Crippen LogP contribution in [-0.2, 0) is 4.84 Å². The highest BCUT2D eigenvalue weighted by atomic mass is 16.7. The molecule has 22 heavy (non-hydrogen) atoms. The second kappa shape index (κ2) is 18.9. The lowest BCUT2D eigenvalue weighted by molar-refractivity contribution is -0.196. The Bertz CT molecular complexity index is 200. The number of hydrazine groups is 1. The van der Waals surface area contributed by atoms with Crippen molar-refractivity contribution in [1.29, 1.82) is 0 Å². The van der Waals surface area contributed by atoms with Gasteiger partial charge in [-0.15, -0.1) is 5.17 Å². The number of nitrogens with zero attached hydrogens (tertiary/aromatic N) is 1. The van der Waals surface area contributed by atoms with Gasteiger partial charge in [0.15, 0.2) is 0 Å². The van der Waals surface area contributed by atoms with Crippen molar-refractivity contribution >= 4 is 0 Å². The molecule has 0 spiro atoms. The van der Waals surface area contributed by atoms with Gasteiger partial charge >= 0.3 is 0 Å². The number of hydrogen-bond acceptors (Lipinski definition) is 3. The van der Waals surface area contributed by atoms with Gasteiger partial charge in [0.1, 0.15) is 0 Å². The zero-order chi connectivity index (χ0) is 16.3. The Morgan fingerprint density at radius 1 is 0.636 bits per heavy atom. The van der Waals surface area contributed by atoms with E-state index in [0.717, 1.165) is 32.5 Å². The summed E-state index contributed by atoms with van der Waals surface area (Å²) in [4.78, 5) is 5.79. The van der Waals surface area contributed by atoms with Crippen molar-refractivity contribution in [2.75, 3.05) is 19.7 Å². The van der Waals surface area contributed by atoms with Crippen LogP contribution in [0.3, 0.4) is 0 Å². The fraction of sp³-hybridized carbons (Fsp3) is 1.00. The number of nitrogens with one attached hydrogen (secondary N) is 1. The molecule has 0 aliphatic rings. The molecular weight excluding hydrogens is 272 g/mol. The van der Waals surface area contributed by atoms with E-state index in [1.54, 1.807) is 0 Å². The van der Waals surface area contributed by atoms with Crippen molar-refractivity contribution in [3.8, 4) is 0 Å². The van der Waals surface area contributed by atoms with Crippen molar-refractivity contribution in [3.63, 3.8) is 0 Å². The van der Waals surface area contributed by atoms with E-state index in [1.165, 1.54) is 70.6 Å². The average molecular weight is 315 g/mol. The summed E-state index contributed by atoms with van der Waals surface area (Å²) in [6, 6.07) is 0. The molecule has 1 N–H and O–H groups in total. The maximum atomic E-state index is 5.79. The largest absolute Gasteiger partial charge is 0.284 e. The smallest absolute Gasteiger partial charge is 0.0701 e. The first-order chi connectivity index (χ1) is 10.8. The van der Waals surface area contributed by atoms with Crippen LogP contribution in [0.15, 0.2) is 0 Å². The van der Waals surface area contributed by atoms with Gasteiger partial charge in [0, 0.05) is 13.1 Å². The number of rotatable bonds is 18. The molecule has 134 valence electrons. The zero-order valence-corrected chi connectivity index (χ0v) is 15.7. The molecule has 3 heteroatoms. The van der Waals surface area contributed by atoms with Crippen molar-refractivity contribution in [1.82, 2.24) is 10.6 Å². The van der Waals surface area contributed by atoms with Gasteiger partial charge < -0.3 is 0 Å². The van der Waals surface area contributed by atoms with E-state index in [9.17, 15) is 0 Å². The number of hydroxylamine groups is 1. The molecule has 0 aromatic carbocycles. The fourth-order valence-electron chi connectivity index (χ4n) is 2.57. The van der Waals surface area contributed by atoms with Crippen LogP contribution in [0.4, 0.5) is 0 Å². The first-order valence-corrected chi connectivity index (χ1v) is 9.99. The SMILES string of the molecule is CCCCCCCCCCCCCON(CCC)NCCC. The Kier molecular flexibility index (Phi) is 18.8. The topological polar surface area (TPSA) is 24.5 Å². The Morgan fingerprint density at radius 2 is 1.18 bits per heavy atom. The van der Waals surface area contributed by atoms with Crippen LogP contribution in [0.5, 0.6) is 0 Å². The van der Waals surface area contributed by atoms with Crippen LogP contribution < -0.4 is 5.43 Å². The van der Waals surface area contributed by atoms with Crippen LogP contribution in [0.1, 0.15) is 104 Å². The number of hydrogen-bond donors (Lipinski definition) is 1. The molecule has 0 aliphatic carbocycles. The molecule has 0 aliphatic heterocycles. The molecule has 0 bridgehead atoms. The third-order valence-corrected chi connectivity index (χ3v) is 3.96. The Balaban J connectivity index is 3.23. The predicted octanol–water partition coefficient (Wildman–Crippen LogP) is 5.86. The van der Waals surface area contributed by atoms with Crippen molar-refractivity contribution < 1.29 is 4.84 Å². The van der Waals surface area contributed by atoms with E-state index in [-0.39, 0.29) is 0 Å². The molecule has 0 saturated carbocycles. The molecule has 0 amide bonds. The third kappa shape index (κ3) is 16.3. The molecule has 0 rings (SSSR count). The summed E-state index contributed by atoms with van der Waals surface area (Å²) in [6.45, 7) is 9.47. The highest BCUT2D eigenvalue weighted by Crippen LogP contribution is 2.11. The molecular formula is C19H42N2O. The van der Waals surface area contributed by atoms with Gasteiger partial charge in [-0.05, 0) is 19.3 Å². The fourth-order valence-corrected chi connectivity index (χ4v) is 2.57. The van der Waals surface area contributed by atoms with Crippen molar-refractivity contribution in [3.05, 3.63) is 0 Å². The van der Waals surface area contributed by atoms with Gasteiger partial charge in [0.05, 0.1) is 6.61 Å². The molecule has 0 heterocycles. The van der Waals surface area contributed by atoms with Gasteiger partial charge in [0.25, 0.3) is 0 Å². The summed E-state index contributed by atoms with van der Waals surface area (Å²) < 4.78 is 0. The van der Waals surface area contributed by atoms with Gasteiger partial charge in [0.2, 0.25) is 0 Å². The van der Waals surface area contributed by atoms with Gasteiger partial charge in [-0.2, -0.15) is 0 Å². The first kappa shape index (κ1) is 21.9. The molecule has 0 fully saturated rings. The maximum Gasteiger partial charge on any atom is 0.0701 e. The molecule has 3 nitrogen and oxygen atoms in total. The van der Waals surface area contributed by atoms with Crippen LogP contribution in [-0.4, -0.2) is 24.9 Å². The van der Waals surface area contributed by atoms with Crippen LogP contribution >= 0.6 is 0 Å². The lowest BCUT2D eigenvalue weighted by Gasteiger charge is -2.21. The quantitative estimate of drug-likeness (QED) is 0.253. The summed E-state index contributed by atoms with van der Waals surface area (Å²) in [5, 5.41) is 1.93. The van der Waals surface area contributed by atoms with Gasteiger partial charge in [-0.3, -0.25) is 4.84 Å². The van der Waals surface area contributed by atoms with E-state index < -0.39 is 0 Å². The van der Waals surface area contributed by atoms with Crippen LogP contribution in [0.2, 0.25) is 0 Å². The minimum Gasteiger partial charge on any atom is -0.284 e. The Hall–Kier alpha value is -0.120. The monoisotopic (exact) mass is 314 g/mol. The second-order valence-corrected chi connectivity index (χ2v) is 6.38. The normalized spacial score (nSPS) is 11.5. The number of unbranched alkanes of at least 4 members (excludes halogenated alkanes) is 10. The van der Waals surface area contributed by atoms with E-state index in [0.29, 0.717) is 0 Å². The molecule has 0 saturated heterocycles. The van der Waals surface area contributed by atoms with Crippen molar-refractivity contribution in [2.45, 2.75) is 104 Å². The lowest BCUT2D eigenvalue weighted by Crippen LogP contribution is -2.39. The summed E-state index contributed by atoms with van der Waals surface area (Å²) in [7, 11) is 0. The lowest BCUT2D eigenvalue weighted by atomic mass is 10.1. The summed E-state index contributed by atoms with van der Waals surface area (Å²) >= 11 is 0. The molecule has 0 radical (unpaired) electrons. The predicted molar refractivity (Wildman–Crippen MR) is 97.7 cm³/mol. The Morgan fingerprint density at radius 3 is 1.68 bits per heavy atom. The summed E-state index contributed by atoms with van der Waals surface area (Å²) in [6.07, 6.45) is 17.5. The zero-order valence-electron chi connectivity index (χ0n) is 15.7. The van der Waals surface area contributed by atoms with Gasteiger partial charge in [-0.25, -0.2) is 5.43 Å². The highest BCUT2D eigenvalue weighted by molar-refractivity contribution is 4.48. The highest BCUT2D eigenvalue weighted by Gasteiger charge is 2.02. The molecule has 0 atom stereocenters. The Labute approximate surface area is 140 Å². The van der Waals surface area contributed by atoms with Gasteiger partial charge in [-0.1, -0.05) is 85.0 Å². The van der Waals surface area contributed by atoms with E-state index >= 15 is 0 Å². The maximum absolute atomic E-state index is 5.79.